The molecule has 35 heavy (non-hydrogen) atoms. The fraction of sp³-hybridized carbons (Fsp3) is 0.500. The van der Waals surface area contributed by atoms with Crippen molar-refractivity contribution in [2.24, 2.45) is 11.8 Å². The van der Waals surface area contributed by atoms with Crippen molar-refractivity contribution in [2.45, 2.75) is 57.0 Å². The highest BCUT2D eigenvalue weighted by atomic mass is 19.1. The molecule has 0 bridgehead atoms. The summed E-state index contributed by atoms with van der Waals surface area (Å²) in [5.74, 6) is -0.766. The molecule has 3 saturated heterocycles. The van der Waals surface area contributed by atoms with Gasteiger partial charge in [-0.1, -0.05) is 18.2 Å². The van der Waals surface area contributed by atoms with Crippen molar-refractivity contribution in [1.29, 1.82) is 0 Å². The summed E-state index contributed by atoms with van der Waals surface area (Å²) in [6.07, 6.45) is 6.16. The third kappa shape index (κ3) is 5.10. The first-order valence-electron chi connectivity index (χ1n) is 12.9. The minimum absolute atomic E-state index is 0.0112. The summed E-state index contributed by atoms with van der Waals surface area (Å²) in [4.78, 5) is 30.9. The largest absolute Gasteiger partial charge is 0.335 e. The lowest BCUT2D eigenvalue weighted by Gasteiger charge is -2.57. The van der Waals surface area contributed by atoms with Crippen LogP contribution in [0.2, 0.25) is 0 Å². The van der Waals surface area contributed by atoms with Crippen molar-refractivity contribution < 1.29 is 18.4 Å². The number of hydrogen-bond donors (Lipinski definition) is 1. The van der Waals surface area contributed by atoms with E-state index in [1.54, 1.807) is 0 Å². The van der Waals surface area contributed by atoms with Gasteiger partial charge < -0.3 is 10.2 Å². The van der Waals surface area contributed by atoms with Crippen molar-refractivity contribution in [1.82, 2.24) is 9.80 Å². The van der Waals surface area contributed by atoms with E-state index >= 15 is 0 Å². The van der Waals surface area contributed by atoms with E-state index < -0.39 is 11.6 Å². The van der Waals surface area contributed by atoms with Crippen molar-refractivity contribution in [3.05, 3.63) is 65.7 Å². The highest BCUT2D eigenvalue weighted by Crippen LogP contribution is 2.43. The van der Waals surface area contributed by atoms with Gasteiger partial charge in [0.25, 0.3) is 5.91 Å². The number of hydrogen-bond acceptors (Lipinski definition) is 3. The molecule has 0 unspecified atom stereocenters. The Bertz CT molecular complexity index is 1060. The molecule has 0 radical (unpaired) electrons. The van der Waals surface area contributed by atoms with Crippen LogP contribution in [0.5, 0.6) is 0 Å². The maximum Gasteiger partial charge on any atom is 0.254 e. The number of anilines is 1. The van der Waals surface area contributed by atoms with E-state index in [1.807, 2.05) is 30.3 Å². The first kappa shape index (κ1) is 23.9. The Balaban J connectivity index is 1.30. The van der Waals surface area contributed by atoms with Crippen molar-refractivity contribution in [2.75, 3.05) is 25.0 Å². The molecule has 3 aliphatic heterocycles. The molecule has 4 atom stereocenters. The number of nitrogens with one attached hydrogen (secondary N) is 1. The lowest BCUT2D eigenvalue weighted by molar-refractivity contribution is -0.116. The summed E-state index contributed by atoms with van der Waals surface area (Å²) in [5, 5.41) is 2.55. The second-order valence-corrected chi connectivity index (χ2v) is 10.2. The lowest BCUT2D eigenvalue weighted by atomic mass is 9.69. The molecular formula is C28H33F2N3O2. The quantitative estimate of drug-likeness (QED) is 0.626. The predicted molar refractivity (Wildman–Crippen MR) is 131 cm³/mol. The maximum absolute atomic E-state index is 13.9. The first-order valence-corrected chi connectivity index (χ1v) is 12.9. The highest BCUT2D eigenvalue weighted by molar-refractivity contribution is 5.94. The first-order chi connectivity index (χ1) is 17.0. The Morgan fingerprint density at radius 2 is 1.77 bits per heavy atom. The van der Waals surface area contributed by atoms with Crippen LogP contribution in [0.25, 0.3) is 0 Å². The second-order valence-electron chi connectivity index (χ2n) is 10.2. The van der Waals surface area contributed by atoms with E-state index in [1.165, 1.54) is 12.5 Å². The molecule has 7 heteroatoms. The zero-order valence-corrected chi connectivity index (χ0v) is 20.0. The molecule has 2 amide bonds. The molecule has 1 N–H and O–H groups in total. The summed E-state index contributed by atoms with van der Waals surface area (Å²) in [6.45, 7) is 3.05. The number of benzene rings is 2. The van der Waals surface area contributed by atoms with Crippen LogP contribution >= 0.6 is 0 Å². The van der Waals surface area contributed by atoms with Gasteiger partial charge in [0.05, 0.1) is 5.69 Å². The second kappa shape index (κ2) is 10.4. The molecular weight excluding hydrogens is 448 g/mol. The molecule has 0 aromatic heterocycles. The Kier molecular flexibility index (Phi) is 7.14. The number of piperidine rings is 3. The number of halogens is 2. The van der Waals surface area contributed by atoms with Crippen LogP contribution in [-0.2, 0) is 4.79 Å². The number of carbonyl (C=O) groups excluding carboxylic acids is 2. The third-order valence-corrected chi connectivity index (χ3v) is 8.06. The summed E-state index contributed by atoms with van der Waals surface area (Å²) < 4.78 is 27.1. The Morgan fingerprint density at radius 1 is 1.00 bits per heavy atom. The van der Waals surface area contributed by atoms with Gasteiger partial charge in [-0.25, -0.2) is 8.78 Å². The monoisotopic (exact) mass is 481 g/mol. The van der Waals surface area contributed by atoms with Crippen LogP contribution < -0.4 is 5.32 Å². The van der Waals surface area contributed by atoms with E-state index in [0.717, 1.165) is 57.5 Å². The summed E-state index contributed by atoms with van der Waals surface area (Å²) in [6, 6.07) is 13.2. The number of rotatable bonds is 6. The van der Waals surface area contributed by atoms with Gasteiger partial charge in [0.1, 0.15) is 11.6 Å². The van der Waals surface area contributed by atoms with Crippen LogP contribution in [0.15, 0.2) is 48.5 Å². The van der Waals surface area contributed by atoms with Crippen LogP contribution in [0.4, 0.5) is 14.5 Å². The van der Waals surface area contributed by atoms with Gasteiger partial charge in [-0.2, -0.15) is 0 Å². The van der Waals surface area contributed by atoms with Gasteiger partial charge in [-0.3, -0.25) is 14.5 Å². The van der Waals surface area contributed by atoms with E-state index in [0.29, 0.717) is 29.9 Å². The summed E-state index contributed by atoms with van der Waals surface area (Å²) in [7, 11) is 0. The Hall–Kier alpha value is -2.80. The molecule has 3 heterocycles. The molecule has 186 valence electrons. The van der Waals surface area contributed by atoms with Crippen LogP contribution in [0.3, 0.4) is 0 Å². The Labute approximate surface area is 205 Å². The zero-order valence-electron chi connectivity index (χ0n) is 20.0. The molecule has 2 aromatic carbocycles. The van der Waals surface area contributed by atoms with E-state index in [-0.39, 0.29) is 30.0 Å². The van der Waals surface area contributed by atoms with Gasteiger partial charge in [-0.05, 0) is 87.7 Å². The SMILES string of the molecule is O=C(CCC[C@@H]1[C@H]2CCCN3CCC[C@@H](CN1C(=O)c1ccccc1)[C@@H]23)Nc1ccc(F)cc1F. The number of likely N-dealkylation sites (tertiary alicyclic amines) is 1. The standard InChI is InChI=1S/C28H33F2N3O2/c29-21-13-14-24(23(30)17-21)31-26(34)12-4-11-25-22-10-6-16-32-15-5-9-20(27(22)32)18-33(25)28(35)19-7-2-1-3-8-19/h1-3,7-8,13-14,17,20,22,25,27H,4-6,9-12,15-16,18H2,(H,31,34)/t20-,22+,25+,27-/m0/s1. The number of carbonyl (C=O) groups is 2. The van der Waals surface area contributed by atoms with Crippen molar-refractivity contribution in [3.8, 4) is 0 Å². The Morgan fingerprint density at radius 3 is 2.54 bits per heavy atom. The average Bonchev–Trinajstić information content (AvgIpc) is 2.87. The van der Waals surface area contributed by atoms with Crippen LogP contribution in [0.1, 0.15) is 55.3 Å². The summed E-state index contributed by atoms with van der Waals surface area (Å²) in [5.41, 5.74) is 0.701. The summed E-state index contributed by atoms with van der Waals surface area (Å²) >= 11 is 0. The maximum atomic E-state index is 13.9. The minimum Gasteiger partial charge on any atom is -0.335 e. The van der Waals surface area contributed by atoms with E-state index in [9.17, 15) is 18.4 Å². The van der Waals surface area contributed by atoms with Gasteiger partial charge in [0.2, 0.25) is 5.91 Å². The third-order valence-electron chi connectivity index (χ3n) is 8.06. The molecule has 0 aliphatic carbocycles. The van der Waals surface area contributed by atoms with Gasteiger partial charge >= 0.3 is 0 Å². The average molecular weight is 482 g/mol. The normalized spacial score (nSPS) is 26.2. The van der Waals surface area contributed by atoms with Crippen LogP contribution in [-0.4, -0.2) is 53.3 Å². The fourth-order valence-electron chi connectivity index (χ4n) is 6.62. The van der Waals surface area contributed by atoms with E-state index in [4.69, 9.17) is 0 Å². The predicted octanol–water partition coefficient (Wildman–Crippen LogP) is 5.09. The minimum atomic E-state index is -0.782. The molecule has 0 spiro atoms. The van der Waals surface area contributed by atoms with Crippen LogP contribution in [0, 0.1) is 23.5 Å². The van der Waals surface area contributed by atoms with Gasteiger partial charge in [0.15, 0.2) is 0 Å². The lowest BCUT2D eigenvalue weighted by Crippen LogP contribution is -2.65. The van der Waals surface area contributed by atoms with Crippen molar-refractivity contribution in [3.63, 3.8) is 0 Å². The number of amides is 2. The van der Waals surface area contributed by atoms with E-state index in [2.05, 4.69) is 15.1 Å². The topological polar surface area (TPSA) is 52.7 Å². The molecule has 5 rings (SSSR count). The molecule has 3 aliphatic rings. The fourth-order valence-corrected chi connectivity index (χ4v) is 6.62. The molecule has 5 nitrogen and oxygen atoms in total. The van der Waals surface area contributed by atoms with Gasteiger partial charge in [0, 0.05) is 36.7 Å². The zero-order chi connectivity index (χ0) is 24.4. The molecule has 2 aromatic rings. The number of nitrogens with zero attached hydrogens (tertiary/aromatic N) is 2. The smallest absolute Gasteiger partial charge is 0.254 e. The highest BCUT2D eigenvalue weighted by Gasteiger charge is 2.49. The molecule has 3 fully saturated rings. The van der Waals surface area contributed by atoms with Gasteiger partial charge in [-0.15, -0.1) is 0 Å². The molecule has 0 saturated carbocycles. The van der Waals surface area contributed by atoms with Crippen molar-refractivity contribution >= 4 is 17.5 Å².